The van der Waals surface area contributed by atoms with Gasteiger partial charge in [-0.25, -0.2) is 9.18 Å². The molecule has 2 rings (SSSR count). The number of hydrogen-bond acceptors (Lipinski definition) is 3. The molecule has 3 N–H and O–H groups in total. The Morgan fingerprint density at radius 1 is 1.08 bits per heavy atom. The molecule has 24 heavy (non-hydrogen) atoms. The minimum atomic E-state index is -1.10. The summed E-state index contributed by atoms with van der Waals surface area (Å²) in [5, 5.41) is 15.1. The van der Waals surface area contributed by atoms with Crippen molar-refractivity contribution in [1.82, 2.24) is 10.6 Å². The van der Waals surface area contributed by atoms with E-state index in [-0.39, 0.29) is 18.2 Å². The molecule has 2 amide bonds. The number of aliphatic hydroxyl groups is 1. The third-order valence-electron chi connectivity index (χ3n) is 3.35. The first kappa shape index (κ1) is 17.7. The average molecular weight is 332 g/mol. The van der Waals surface area contributed by atoms with E-state index in [9.17, 15) is 14.3 Å². The summed E-state index contributed by atoms with van der Waals surface area (Å²) < 4.78 is 19.2. The molecule has 0 bridgehead atoms. The maximum absolute atomic E-state index is 13.5. The maximum atomic E-state index is 13.5. The number of carbonyl (C=O) groups is 1. The van der Waals surface area contributed by atoms with Crippen LogP contribution in [0, 0.1) is 5.82 Å². The van der Waals surface area contributed by atoms with E-state index < -0.39 is 18.0 Å². The van der Waals surface area contributed by atoms with Crippen molar-refractivity contribution in [3.05, 3.63) is 66.0 Å². The summed E-state index contributed by atoms with van der Waals surface area (Å²) >= 11 is 0. The number of ether oxygens (including phenoxy) is 1. The highest BCUT2D eigenvalue weighted by Crippen LogP contribution is 2.15. The van der Waals surface area contributed by atoms with Crippen LogP contribution in [0.25, 0.3) is 0 Å². The molecule has 0 aromatic heterocycles. The van der Waals surface area contributed by atoms with Gasteiger partial charge in [-0.3, -0.25) is 0 Å². The topological polar surface area (TPSA) is 70.6 Å². The Morgan fingerprint density at radius 2 is 1.71 bits per heavy atom. The van der Waals surface area contributed by atoms with Crippen molar-refractivity contribution in [1.29, 1.82) is 0 Å². The van der Waals surface area contributed by atoms with Crippen molar-refractivity contribution in [2.75, 3.05) is 13.1 Å². The van der Waals surface area contributed by atoms with Crippen LogP contribution in [0.5, 0.6) is 5.75 Å². The van der Waals surface area contributed by atoms with Gasteiger partial charge in [0.15, 0.2) is 0 Å². The van der Waals surface area contributed by atoms with Crippen LogP contribution in [-0.2, 0) is 0 Å². The van der Waals surface area contributed by atoms with Gasteiger partial charge in [0.25, 0.3) is 0 Å². The van der Waals surface area contributed by atoms with E-state index in [1.807, 2.05) is 37.3 Å². The molecule has 2 aromatic rings. The van der Waals surface area contributed by atoms with Crippen molar-refractivity contribution >= 4 is 6.03 Å². The van der Waals surface area contributed by atoms with Crippen molar-refractivity contribution in [2.24, 2.45) is 0 Å². The summed E-state index contributed by atoms with van der Waals surface area (Å²) in [5.41, 5.74) is 0.151. The Balaban J connectivity index is 1.70. The van der Waals surface area contributed by atoms with Crippen LogP contribution in [0.3, 0.4) is 0 Å². The fourth-order valence-corrected chi connectivity index (χ4v) is 2.12. The number of benzene rings is 2. The quantitative estimate of drug-likeness (QED) is 0.730. The highest BCUT2D eigenvalue weighted by Gasteiger charge is 2.13. The van der Waals surface area contributed by atoms with Gasteiger partial charge in [0, 0.05) is 12.1 Å². The van der Waals surface area contributed by atoms with Gasteiger partial charge in [0.2, 0.25) is 0 Å². The Hall–Kier alpha value is -2.60. The van der Waals surface area contributed by atoms with Crippen LogP contribution in [0.15, 0.2) is 54.6 Å². The average Bonchev–Trinajstić information content (AvgIpc) is 2.59. The van der Waals surface area contributed by atoms with Crippen molar-refractivity contribution < 1.29 is 19.0 Å². The monoisotopic (exact) mass is 332 g/mol. The predicted molar refractivity (Wildman–Crippen MR) is 89.3 cm³/mol. The SMILES string of the molecule is CC(CNC(=O)NCC(O)c1ccccc1F)Oc1ccccc1. The van der Waals surface area contributed by atoms with Gasteiger partial charge in [0.1, 0.15) is 17.7 Å². The minimum absolute atomic E-state index is 0.0826. The lowest BCUT2D eigenvalue weighted by atomic mass is 10.1. The second-order valence-corrected chi connectivity index (χ2v) is 5.37. The van der Waals surface area contributed by atoms with Crippen LogP contribution < -0.4 is 15.4 Å². The molecule has 0 heterocycles. The molecule has 0 aliphatic heterocycles. The first-order valence-electron chi connectivity index (χ1n) is 7.72. The van der Waals surface area contributed by atoms with Crippen LogP contribution in [0.2, 0.25) is 0 Å². The lowest BCUT2D eigenvalue weighted by molar-refractivity contribution is 0.167. The zero-order valence-corrected chi connectivity index (χ0v) is 13.4. The molecule has 2 aromatic carbocycles. The molecule has 0 aliphatic carbocycles. The fourth-order valence-electron chi connectivity index (χ4n) is 2.12. The molecule has 0 saturated carbocycles. The van der Waals surface area contributed by atoms with E-state index in [0.29, 0.717) is 6.54 Å². The summed E-state index contributed by atoms with van der Waals surface area (Å²) in [6.45, 7) is 2.05. The number of amides is 2. The largest absolute Gasteiger partial charge is 0.489 e. The summed E-state index contributed by atoms with van der Waals surface area (Å²) in [6, 6.07) is 14.8. The molecular formula is C18H21FN2O3. The van der Waals surface area contributed by atoms with Gasteiger partial charge < -0.3 is 20.5 Å². The summed E-state index contributed by atoms with van der Waals surface area (Å²) in [7, 11) is 0. The fraction of sp³-hybridized carbons (Fsp3) is 0.278. The third-order valence-corrected chi connectivity index (χ3v) is 3.35. The Labute approximate surface area is 140 Å². The van der Waals surface area contributed by atoms with Gasteiger partial charge in [0.05, 0.1) is 12.6 Å². The summed E-state index contributed by atoms with van der Waals surface area (Å²) in [4.78, 5) is 11.7. The van der Waals surface area contributed by atoms with Gasteiger partial charge in [-0.1, -0.05) is 36.4 Å². The van der Waals surface area contributed by atoms with Gasteiger partial charge >= 0.3 is 6.03 Å². The number of halogens is 1. The molecule has 0 saturated heterocycles. The van der Waals surface area contributed by atoms with Gasteiger partial charge in [-0.05, 0) is 25.1 Å². The number of carbonyl (C=O) groups excluding carboxylic acids is 1. The van der Waals surface area contributed by atoms with E-state index in [1.165, 1.54) is 12.1 Å². The molecule has 5 nitrogen and oxygen atoms in total. The molecule has 0 radical (unpaired) electrons. The lowest BCUT2D eigenvalue weighted by Crippen LogP contribution is -2.41. The number of para-hydroxylation sites is 1. The van der Waals surface area contributed by atoms with E-state index >= 15 is 0 Å². The number of aliphatic hydroxyl groups excluding tert-OH is 1. The molecular weight excluding hydrogens is 311 g/mol. The third kappa shape index (κ3) is 5.55. The second kappa shape index (κ2) is 8.88. The highest BCUT2D eigenvalue weighted by molar-refractivity contribution is 5.73. The Kier molecular flexibility index (Phi) is 6.57. The highest BCUT2D eigenvalue weighted by atomic mass is 19.1. The minimum Gasteiger partial charge on any atom is -0.489 e. The van der Waals surface area contributed by atoms with E-state index in [4.69, 9.17) is 4.74 Å². The van der Waals surface area contributed by atoms with E-state index in [2.05, 4.69) is 10.6 Å². The molecule has 128 valence electrons. The molecule has 0 fully saturated rings. The molecule has 2 atom stereocenters. The standard InChI is InChI=1S/C18H21FN2O3/c1-13(24-14-7-3-2-4-8-14)11-20-18(23)21-12-17(22)15-9-5-6-10-16(15)19/h2-10,13,17,22H,11-12H2,1H3,(H2,20,21,23). The van der Waals surface area contributed by atoms with Crippen LogP contribution in [0.4, 0.5) is 9.18 Å². The lowest BCUT2D eigenvalue weighted by Gasteiger charge is -2.17. The van der Waals surface area contributed by atoms with Gasteiger partial charge in [-0.2, -0.15) is 0 Å². The van der Waals surface area contributed by atoms with Crippen LogP contribution in [-0.4, -0.2) is 30.3 Å². The molecule has 6 heteroatoms. The summed E-state index contributed by atoms with van der Waals surface area (Å²) in [5.74, 6) is 0.222. The number of hydrogen-bond donors (Lipinski definition) is 3. The number of rotatable bonds is 7. The smallest absolute Gasteiger partial charge is 0.315 e. The number of nitrogens with one attached hydrogen (secondary N) is 2. The van der Waals surface area contributed by atoms with Crippen molar-refractivity contribution in [3.8, 4) is 5.75 Å². The zero-order chi connectivity index (χ0) is 17.4. The van der Waals surface area contributed by atoms with E-state index in [0.717, 1.165) is 5.75 Å². The van der Waals surface area contributed by atoms with Crippen molar-refractivity contribution in [2.45, 2.75) is 19.1 Å². The second-order valence-electron chi connectivity index (χ2n) is 5.37. The molecule has 0 aliphatic rings. The van der Waals surface area contributed by atoms with Crippen LogP contribution in [0.1, 0.15) is 18.6 Å². The number of urea groups is 1. The predicted octanol–water partition coefficient (Wildman–Crippen LogP) is 2.63. The summed E-state index contributed by atoms with van der Waals surface area (Å²) in [6.07, 6.45) is -1.32. The normalized spacial score (nSPS) is 13.0. The first-order chi connectivity index (χ1) is 11.6. The Bertz CT molecular complexity index is 652. The van der Waals surface area contributed by atoms with Gasteiger partial charge in [-0.15, -0.1) is 0 Å². The van der Waals surface area contributed by atoms with Crippen LogP contribution >= 0.6 is 0 Å². The molecule has 2 unspecified atom stereocenters. The maximum Gasteiger partial charge on any atom is 0.315 e. The zero-order valence-electron chi connectivity index (χ0n) is 13.4. The Morgan fingerprint density at radius 3 is 2.42 bits per heavy atom. The molecule has 0 spiro atoms. The van der Waals surface area contributed by atoms with Crippen molar-refractivity contribution in [3.63, 3.8) is 0 Å². The van der Waals surface area contributed by atoms with E-state index in [1.54, 1.807) is 12.1 Å². The first-order valence-corrected chi connectivity index (χ1v) is 7.72.